The molecule has 0 fully saturated rings. The second-order valence-electron chi connectivity index (χ2n) is 7.44. The number of carbonyl (C=O) groups is 3. The lowest BCUT2D eigenvalue weighted by Gasteiger charge is -2.20. The highest BCUT2D eigenvalue weighted by atomic mass is 16.5. The van der Waals surface area contributed by atoms with Gasteiger partial charge in [-0.25, -0.2) is 0 Å². The number of para-hydroxylation sites is 1. The van der Waals surface area contributed by atoms with E-state index in [0.29, 0.717) is 35.0 Å². The number of ether oxygens (including phenoxy) is 1. The van der Waals surface area contributed by atoms with Crippen LogP contribution in [0.3, 0.4) is 0 Å². The third-order valence-corrected chi connectivity index (χ3v) is 5.00. The Labute approximate surface area is 198 Å². The van der Waals surface area contributed by atoms with E-state index >= 15 is 0 Å². The zero-order valence-electron chi connectivity index (χ0n) is 19.2. The fourth-order valence-corrected chi connectivity index (χ4v) is 3.22. The number of likely N-dealkylation sites (N-methyl/N-ethyl adjacent to an activating group) is 1. The van der Waals surface area contributed by atoms with Gasteiger partial charge in [-0.1, -0.05) is 19.1 Å². The highest BCUT2D eigenvalue weighted by Crippen LogP contribution is 2.16. The highest BCUT2D eigenvalue weighted by Gasteiger charge is 2.17. The Bertz CT molecular complexity index is 1100. The number of methoxy groups -OCH3 is 1. The van der Waals surface area contributed by atoms with Crippen molar-refractivity contribution in [3.63, 3.8) is 0 Å². The topological polar surface area (TPSA) is 113 Å². The van der Waals surface area contributed by atoms with Crippen molar-refractivity contribution < 1.29 is 23.5 Å². The smallest absolute Gasteiger partial charge is 0.253 e. The first-order valence-corrected chi connectivity index (χ1v) is 10.8. The Morgan fingerprint density at radius 2 is 1.62 bits per heavy atom. The number of hydrogen-bond donors (Lipinski definition) is 3. The third kappa shape index (κ3) is 7.21. The summed E-state index contributed by atoms with van der Waals surface area (Å²) in [6, 6.07) is 17.2. The average Bonchev–Trinajstić information content (AvgIpc) is 3.36. The molecule has 0 radical (unpaired) electrons. The minimum atomic E-state index is -0.335. The zero-order valence-corrected chi connectivity index (χ0v) is 19.2. The van der Waals surface area contributed by atoms with Crippen LogP contribution >= 0.6 is 0 Å². The summed E-state index contributed by atoms with van der Waals surface area (Å²) >= 11 is 0. The SMILES string of the molecule is CCN(CC(=O)Nc1ccc(OC)cc1)CC(=O)Nc1ccccc1C(=O)NCc1ccco1. The monoisotopic (exact) mass is 464 g/mol. The standard InChI is InChI=1S/C25H28N4O5/c1-3-29(16-23(30)27-18-10-12-19(33-2)13-11-18)17-24(31)28-22-9-5-4-8-21(22)25(32)26-15-20-7-6-14-34-20/h4-14H,3,15-17H2,1-2H3,(H,26,32)(H,27,30)(H,28,31). The number of carbonyl (C=O) groups excluding carboxylic acids is 3. The van der Waals surface area contributed by atoms with Gasteiger partial charge in [-0.15, -0.1) is 0 Å². The van der Waals surface area contributed by atoms with Gasteiger partial charge in [0.25, 0.3) is 5.91 Å². The summed E-state index contributed by atoms with van der Waals surface area (Å²) in [4.78, 5) is 39.4. The van der Waals surface area contributed by atoms with Crippen LogP contribution in [0, 0.1) is 0 Å². The molecule has 0 saturated heterocycles. The molecule has 0 bridgehead atoms. The number of nitrogens with zero attached hydrogens (tertiary/aromatic N) is 1. The van der Waals surface area contributed by atoms with Gasteiger partial charge in [0.2, 0.25) is 11.8 Å². The van der Waals surface area contributed by atoms with Gasteiger partial charge in [0.15, 0.2) is 0 Å². The maximum atomic E-state index is 12.7. The van der Waals surface area contributed by atoms with Crippen molar-refractivity contribution >= 4 is 29.1 Å². The molecule has 2 aromatic carbocycles. The van der Waals surface area contributed by atoms with Crippen LogP contribution in [0.1, 0.15) is 23.0 Å². The molecule has 0 saturated carbocycles. The third-order valence-electron chi connectivity index (χ3n) is 5.00. The van der Waals surface area contributed by atoms with Crippen molar-refractivity contribution in [1.29, 1.82) is 0 Å². The maximum Gasteiger partial charge on any atom is 0.253 e. The number of benzene rings is 2. The largest absolute Gasteiger partial charge is 0.497 e. The molecule has 3 N–H and O–H groups in total. The number of rotatable bonds is 11. The molecule has 0 aliphatic carbocycles. The van der Waals surface area contributed by atoms with E-state index in [2.05, 4.69) is 16.0 Å². The lowest BCUT2D eigenvalue weighted by Crippen LogP contribution is -2.39. The molecule has 3 aromatic rings. The van der Waals surface area contributed by atoms with Crippen LogP contribution in [-0.2, 0) is 16.1 Å². The normalized spacial score (nSPS) is 10.6. The molecule has 0 atom stereocenters. The Kier molecular flexibility index (Phi) is 8.81. The lowest BCUT2D eigenvalue weighted by atomic mass is 10.1. The first kappa shape index (κ1) is 24.5. The predicted octanol–water partition coefficient (Wildman–Crippen LogP) is 3.12. The minimum absolute atomic E-state index is 0.00508. The molecule has 9 heteroatoms. The summed E-state index contributed by atoms with van der Waals surface area (Å²) in [5, 5.41) is 8.34. The van der Waals surface area contributed by atoms with Crippen molar-refractivity contribution in [2.75, 3.05) is 37.4 Å². The van der Waals surface area contributed by atoms with Gasteiger partial charge >= 0.3 is 0 Å². The molecule has 1 aromatic heterocycles. The second-order valence-corrected chi connectivity index (χ2v) is 7.44. The molecule has 178 valence electrons. The number of furan rings is 1. The Hall–Kier alpha value is -4.11. The fraction of sp³-hybridized carbons (Fsp3) is 0.240. The van der Waals surface area contributed by atoms with Gasteiger partial charge in [-0.2, -0.15) is 0 Å². The predicted molar refractivity (Wildman–Crippen MR) is 129 cm³/mol. The molecule has 0 unspecified atom stereocenters. The van der Waals surface area contributed by atoms with Crippen LogP contribution in [0.5, 0.6) is 5.75 Å². The van der Waals surface area contributed by atoms with Gasteiger partial charge in [0, 0.05) is 5.69 Å². The quantitative estimate of drug-likeness (QED) is 0.402. The van der Waals surface area contributed by atoms with E-state index in [1.807, 2.05) is 6.92 Å². The number of nitrogens with one attached hydrogen (secondary N) is 3. The molecule has 34 heavy (non-hydrogen) atoms. The van der Waals surface area contributed by atoms with E-state index in [1.165, 1.54) is 6.26 Å². The van der Waals surface area contributed by atoms with E-state index in [4.69, 9.17) is 9.15 Å². The van der Waals surface area contributed by atoms with Crippen LogP contribution in [0.2, 0.25) is 0 Å². The van der Waals surface area contributed by atoms with Crippen molar-refractivity contribution in [3.05, 3.63) is 78.3 Å². The Balaban J connectivity index is 1.54. The van der Waals surface area contributed by atoms with Gasteiger partial charge in [0.05, 0.1) is 44.3 Å². The first-order chi connectivity index (χ1) is 16.5. The van der Waals surface area contributed by atoms with Crippen molar-refractivity contribution in [2.45, 2.75) is 13.5 Å². The summed E-state index contributed by atoms with van der Waals surface area (Å²) in [5.41, 5.74) is 1.37. The molecule has 0 aliphatic heterocycles. The van der Waals surface area contributed by atoms with Gasteiger partial charge in [-0.05, 0) is 55.1 Å². The molecule has 1 heterocycles. The Morgan fingerprint density at radius 3 is 2.26 bits per heavy atom. The van der Waals surface area contributed by atoms with E-state index in [1.54, 1.807) is 72.7 Å². The summed E-state index contributed by atoms with van der Waals surface area (Å²) < 4.78 is 10.3. The first-order valence-electron chi connectivity index (χ1n) is 10.8. The zero-order chi connectivity index (χ0) is 24.3. The van der Waals surface area contributed by atoms with Crippen molar-refractivity contribution in [1.82, 2.24) is 10.2 Å². The van der Waals surface area contributed by atoms with Crippen LogP contribution < -0.4 is 20.7 Å². The van der Waals surface area contributed by atoms with Crippen molar-refractivity contribution in [2.24, 2.45) is 0 Å². The summed E-state index contributed by atoms with van der Waals surface area (Å²) in [6.07, 6.45) is 1.53. The van der Waals surface area contributed by atoms with Gasteiger partial charge in [-0.3, -0.25) is 19.3 Å². The van der Waals surface area contributed by atoms with Gasteiger partial charge in [0.1, 0.15) is 11.5 Å². The summed E-state index contributed by atoms with van der Waals surface area (Å²) in [6.45, 7) is 2.63. The lowest BCUT2D eigenvalue weighted by molar-refractivity contribution is -0.119. The van der Waals surface area contributed by atoms with Crippen LogP contribution in [-0.4, -0.2) is 49.4 Å². The summed E-state index contributed by atoms with van der Waals surface area (Å²) in [5.74, 6) is 0.419. The average molecular weight is 465 g/mol. The number of amides is 3. The molecular weight excluding hydrogens is 436 g/mol. The Morgan fingerprint density at radius 1 is 0.912 bits per heavy atom. The van der Waals surface area contributed by atoms with Gasteiger partial charge < -0.3 is 25.1 Å². The molecular formula is C25H28N4O5. The molecule has 3 amide bonds. The van der Waals surface area contributed by atoms with Crippen molar-refractivity contribution in [3.8, 4) is 5.75 Å². The number of hydrogen-bond acceptors (Lipinski definition) is 6. The van der Waals surface area contributed by atoms with Crippen LogP contribution in [0.4, 0.5) is 11.4 Å². The van der Waals surface area contributed by atoms with E-state index in [9.17, 15) is 14.4 Å². The molecule has 3 rings (SSSR count). The second kappa shape index (κ2) is 12.2. The summed E-state index contributed by atoms with van der Waals surface area (Å²) in [7, 11) is 1.57. The maximum absolute atomic E-state index is 12.7. The van der Waals surface area contributed by atoms with E-state index in [-0.39, 0.29) is 37.4 Å². The fourth-order valence-electron chi connectivity index (χ4n) is 3.22. The minimum Gasteiger partial charge on any atom is -0.497 e. The van der Waals surface area contributed by atoms with E-state index in [0.717, 1.165) is 0 Å². The number of anilines is 2. The molecule has 0 spiro atoms. The highest BCUT2D eigenvalue weighted by molar-refractivity contribution is 6.04. The molecule has 9 nitrogen and oxygen atoms in total. The van der Waals surface area contributed by atoms with Crippen LogP contribution in [0.25, 0.3) is 0 Å². The van der Waals surface area contributed by atoms with Crippen LogP contribution in [0.15, 0.2) is 71.3 Å². The van der Waals surface area contributed by atoms with E-state index < -0.39 is 0 Å². The molecule has 0 aliphatic rings.